The first kappa shape index (κ1) is 16.6. The third-order valence-corrected chi connectivity index (χ3v) is 5.35. The van der Waals surface area contributed by atoms with E-state index in [1.54, 1.807) is 0 Å². The molecule has 25 heavy (non-hydrogen) atoms. The van der Waals surface area contributed by atoms with Crippen molar-refractivity contribution < 1.29 is 4.74 Å². The SMILES string of the molecule is C[C@H](c1nnnn1-c1ccccc1)N1CC[C@H](CN2CCOCC2)C1. The summed E-state index contributed by atoms with van der Waals surface area (Å²) in [4.78, 5) is 5.05. The minimum Gasteiger partial charge on any atom is -0.379 e. The number of nitrogens with zero attached hydrogens (tertiary/aromatic N) is 6. The lowest BCUT2D eigenvalue weighted by Crippen LogP contribution is -2.40. The molecule has 0 unspecified atom stereocenters. The molecule has 2 aliphatic rings. The molecule has 3 heterocycles. The van der Waals surface area contributed by atoms with Crippen LogP contribution in [-0.2, 0) is 4.74 Å². The number of hydrogen-bond acceptors (Lipinski definition) is 6. The summed E-state index contributed by atoms with van der Waals surface area (Å²) in [6.45, 7) is 9.49. The number of morpholine rings is 1. The summed E-state index contributed by atoms with van der Waals surface area (Å²) >= 11 is 0. The Labute approximate surface area is 148 Å². The average molecular weight is 342 g/mol. The topological polar surface area (TPSA) is 59.3 Å². The smallest absolute Gasteiger partial charge is 0.173 e. The minimum atomic E-state index is 0.213. The van der Waals surface area contributed by atoms with Crippen molar-refractivity contribution >= 4 is 0 Å². The zero-order chi connectivity index (χ0) is 17.1. The van der Waals surface area contributed by atoms with Crippen LogP contribution in [0.25, 0.3) is 5.69 Å². The van der Waals surface area contributed by atoms with Crippen LogP contribution in [0.1, 0.15) is 25.2 Å². The Morgan fingerprint density at radius 3 is 2.76 bits per heavy atom. The standard InChI is InChI=1S/C18H26N6O/c1-15(18-19-20-21-24(18)17-5-3-2-4-6-17)23-8-7-16(14-23)13-22-9-11-25-12-10-22/h2-6,15-16H,7-14H2,1H3/t15-,16-/m1/s1. The first-order valence-corrected chi connectivity index (χ1v) is 9.19. The Morgan fingerprint density at radius 1 is 1.16 bits per heavy atom. The van der Waals surface area contributed by atoms with Crippen molar-refractivity contribution in [3.05, 3.63) is 36.2 Å². The van der Waals surface area contributed by atoms with Crippen LogP contribution in [-0.4, -0.2) is 75.9 Å². The van der Waals surface area contributed by atoms with Crippen LogP contribution in [0.5, 0.6) is 0 Å². The summed E-state index contributed by atoms with van der Waals surface area (Å²) in [5.41, 5.74) is 1.01. The second kappa shape index (κ2) is 7.59. The number of rotatable bonds is 5. The van der Waals surface area contributed by atoms with Gasteiger partial charge in [-0.3, -0.25) is 9.80 Å². The van der Waals surface area contributed by atoms with E-state index in [2.05, 4.69) is 32.2 Å². The van der Waals surface area contributed by atoms with Crippen LogP contribution < -0.4 is 0 Å². The van der Waals surface area contributed by atoms with Crippen LogP contribution in [0.4, 0.5) is 0 Å². The summed E-state index contributed by atoms with van der Waals surface area (Å²) < 4.78 is 7.31. The van der Waals surface area contributed by atoms with Crippen LogP contribution in [0, 0.1) is 5.92 Å². The molecule has 2 aliphatic heterocycles. The third kappa shape index (κ3) is 3.73. The van der Waals surface area contributed by atoms with Crippen molar-refractivity contribution in [2.45, 2.75) is 19.4 Å². The number of hydrogen-bond donors (Lipinski definition) is 0. The highest BCUT2D eigenvalue weighted by Gasteiger charge is 2.31. The largest absolute Gasteiger partial charge is 0.379 e. The van der Waals surface area contributed by atoms with E-state index in [9.17, 15) is 0 Å². The third-order valence-electron chi connectivity index (χ3n) is 5.35. The zero-order valence-corrected chi connectivity index (χ0v) is 14.8. The maximum atomic E-state index is 5.45. The second-order valence-corrected chi connectivity index (χ2v) is 7.02. The molecule has 2 aromatic rings. The van der Waals surface area contributed by atoms with Gasteiger partial charge in [0.25, 0.3) is 0 Å². The van der Waals surface area contributed by atoms with Crippen molar-refractivity contribution in [1.82, 2.24) is 30.0 Å². The molecule has 0 saturated carbocycles. The maximum Gasteiger partial charge on any atom is 0.173 e. The molecule has 0 aliphatic carbocycles. The summed E-state index contributed by atoms with van der Waals surface area (Å²) in [5, 5.41) is 12.4. The van der Waals surface area contributed by atoms with E-state index in [-0.39, 0.29) is 6.04 Å². The fourth-order valence-corrected chi connectivity index (χ4v) is 3.88. The van der Waals surface area contributed by atoms with E-state index in [0.29, 0.717) is 0 Å². The zero-order valence-electron chi connectivity index (χ0n) is 14.8. The second-order valence-electron chi connectivity index (χ2n) is 7.02. The van der Waals surface area contributed by atoms with Gasteiger partial charge in [-0.15, -0.1) is 5.10 Å². The van der Waals surface area contributed by atoms with Gasteiger partial charge in [0.1, 0.15) is 0 Å². The van der Waals surface area contributed by atoms with Crippen LogP contribution in [0.3, 0.4) is 0 Å². The molecule has 134 valence electrons. The fourth-order valence-electron chi connectivity index (χ4n) is 3.88. The number of tetrazole rings is 1. The quantitative estimate of drug-likeness (QED) is 0.818. The molecule has 1 aromatic carbocycles. The predicted molar refractivity (Wildman–Crippen MR) is 94.5 cm³/mol. The molecule has 0 radical (unpaired) electrons. The van der Waals surface area contributed by atoms with Crippen molar-refractivity contribution in [2.24, 2.45) is 5.92 Å². The number of likely N-dealkylation sites (tertiary alicyclic amines) is 1. The van der Waals surface area contributed by atoms with Gasteiger partial charge in [0.05, 0.1) is 24.9 Å². The molecule has 0 spiro atoms. The van der Waals surface area contributed by atoms with Gasteiger partial charge in [-0.2, -0.15) is 4.68 Å². The maximum absolute atomic E-state index is 5.45. The highest BCUT2D eigenvalue weighted by molar-refractivity contribution is 5.30. The van der Waals surface area contributed by atoms with Gasteiger partial charge >= 0.3 is 0 Å². The van der Waals surface area contributed by atoms with Gasteiger partial charge < -0.3 is 4.74 Å². The van der Waals surface area contributed by atoms with Gasteiger partial charge in [-0.25, -0.2) is 0 Å². The number of ether oxygens (including phenoxy) is 1. The highest BCUT2D eigenvalue weighted by atomic mass is 16.5. The molecular formula is C18H26N6O. The van der Waals surface area contributed by atoms with Crippen molar-refractivity contribution in [1.29, 1.82) is 0 Å². The van der Waals surface area contributed by atoms with Crippen molar-refractivity contribution in [3.8, 4) is 5.69 Å². The predicted octanol–water partition coefficient (Wildman–Crippen LogP) is 1.38. The average Bonchev–Trinajstić information content (AvgIpc) is 3.32. The van der Waals surface area contributed by atoms with Crippen molar-refractivity contribution in [2.75, 3.05) is 45.9 Å². The Kier molecular flexibility index (Phi) is 5.05. The number of aromatic nitrogens is 4. The number of benzene rings is 1. The molecule has 2 saturated heterocycles. The van der Waals surface area contributed by atoms with Gasteiger partial charge in [-0.1, -0.05) is 18.2 Å². The van der Waals surface area contributed by atoms with Crippen LogP contribution in [0.2, 0.25) is 0 Å². The molecular weight excluding hydrogens is 316 g/mol. The van der Waals surface area contributed by atoms with Gasteiger partial charge in [-0.05, 0) is 48.4 Å². The van der Waals surface area contributed by atoms with E-state index < -0.39 is 0 Å². The van der Waals surface area contributed by atoms with E-state index in [1.165, 1.54) is 13.0 Å². The Bertz CT molecular complexity index is 669. The molecule has 2 atom stereocenters. The summed E-state index contributed by atoms with van der Waals surface area (Å²) in [7, 11) is 0. The molecule has 4 rings (SSSR count). The molecule has 7 heteroatoms. The first-order valence-electron chi connectivity index (χ1n) is 9.19. The molecule has 7 nitrogen and oxygen atoms in total. The molecule has 1 aromatic heterocycles. The lowest BCUT2D eigenvalue weighted by atomic mass is 10.1. The molecule has 2 fully saturated rings. The minimum absolute atomic E-state index is 0.213. The summed E-state index contributed by atoms with van der Waals surface area (Å²) in [6.07, 6.45) is 1.24. The van der Waals surface area contributed by atoms with Crippen LogP contribution >= 0.6 is 0 Å². The Hall–Kier alpha value is -1.83. The summed E-state index contributed by atoms with van der Waals surface area (Å²) in [6, 6.07) is 10.3. The first-order chi connectivity index (χ1) is 12.3. The van der Waals surface area contributed by atoms with Gasteiger partial charge in [0, 0.05) is 26.2 Å². The van der Waals surface area contributed by atoms with E-state index in [1.807, 2.05) is 35.0 Å². The van der Waals surface area contributed by atoms with Crippen molar-refractivity contribution in [3.63, 3.8) is 0 Å². The lowest BCUT2D eigenvalue weighted by Gasteiger charge is -2.29. The molecule has 0 amide bonds. The fraction of sp³-hybridized carbons (Fsp3) is 0.611. The van der Waals surface area contributed by atoms with E-state index in [4.69, 9.17) is 4.74 Å². The highest BCUT2D eigenvalue weighted by Crippen LogP contribution is 2.27. The molecule has 0 bridgehead atoms. The monoisotopic (exact) mass is 342 g/mol. The molecule has 0 N–H and O–H groups in total. The normalized spacial score (nSPS) is 23.8. The van der Waals surface area contributed by atoms with Gasteiger partial charge in [0.2, 0.25) is 0 Å². The Morgan fingerprint density at radius 2 is 1.96 bits per heavy atom. The number of para-hydroxylation sites is 1. The Balaban J connectivity index is 1.41. The lowest BCUT2D eigenvalue weighted by molar-refractivity contribution is 0.0309. The van der Waals surface area contributed by atoms with E-state index >= 15 is 0 Å². The summed E-state index contributed by atoms with van der Waals surface area (Å²) in [5.74, 6) is 1.64. The van der Waals surface area contributed by atoms with E-state index in [0.717, 1.165) is 56.8 Å². The van der Waals surface area contributed by atoms with Crippen LogP contribution in [0.15, 0.2) is 30.3 Å². The van der Waals surface area contributed by atoms with Gasteiger partial charge in [0.15, 0.2) is 5.82 Å².